The lowest BCUT2D eigenvalue weighted by atomic mass is 10.0. The van der Waals surface area contributed by atoms with E-state index in [0.717, 1.165) is 16.6 Å². The summed E-state index contributed by atoms with van der Waals surface area (Å²) in [6.07, 6.45) is 2.14. The quantitative estimate of drug-likeness (QED) is 0.610. The van der Waals surface area contributed by atoms with Gasteiger partial charge in [0.1, 0.15) is 0 Å². The van der Waals surface area contributed by atoms with Crippen molar-refractivity contribution in [1.82, 2.24) is 19.4 Å². The van der Waals surface area contributed by atoms with Crippen LogP contribution < -0.4 is 5.69 Å². The van der Waals surface area contributed by atoms with Crippen molar-refractivity contribution < 1.29 is 14.4 Å². The number of aryl methyl sites for hydroxylation is 1. The second-order valence-corrected chi connectivity index (χ2v) is 8.84. The van der Waals surface area contributed by atoms with Crippen LogP contribution in [0.2, 0.25) is 0 Å². The first-order valence-corrected chi connectivity index (χ1v) is 11.4. The lowest BCUT2D eigenvalue weighted by Crippen LogP contribution is -2.40. The van der Waals surface area contributed by atoms with Crippen LogP contribution in [-0.2, 0) is 4.79 Å². The van der Waals surface area contributed by atoms with Gasteiger partial charge >= 0.3 is 5.69 Å². The number of piperidine rings is 1. The maximum absolute atomic E-state index is 12.7. The van der Waals surface area contributed by atoms with Crippen molar-refractivity contribution in [1.29, 1.82) is 0 Å². The van der Waals surface area contributed by atoms with Gasteiger partial charge in [0.05, 0.1) is 22.2 Å². The van der Waals surface area contributed by atoms with Crippen molar-refractivity contribution in [3.8, 4) is 0 Å². The summed E-state index contributed by atoms with van der Waals surface area (Å²) in [5.74, 6) is -0.546. The Kier molecular flexibility index (Phi) is 5.36. The molecule has 0 atom stereocenters. The Morgan fingerprint density at radius 3 is 2.52 bits per heavy atom. The molecule has 2 aliphatic heterocycles. The Hall–Kier alpha value is -3.68. The summed E-state index contributed by atoms with van der Waals surface area (Å²) in [5, 5.41) is 0. The van der Waals surface area contributed by atoms with Crippen LogP contribution in [0.1, 0.15) is 58.0 Å². The molecule has 3 heterocycles. The van der Waals surface area contributed by atoms with Gasteiger partial charge in [0, 0.05) is 32.1 Å². The summed E-state index contributed by atoms with van der Waals surface area (Å²) in [5.41, 5.74) is 3.42. The Morgan fingerprint density at radius 2 is 1.73 bits per heavy atom. The van der Waals surface area contributed by atoms with Crippen molar-refractivity contribution in [3.05, 3.63) is 69.6 Å². The average molecular weight is 447 g/mol. The molecule has 33 heavy (non-hydrogen) atoms. The lowest BCUT2D eigenvalue weighted by molar-refractivity contribution is -0.132. The number of carbonyl (C=O) groups is 3. The van der Waals surface area contributed by atoms with Crippen LogP contribution in [-0.4, -0.2) is 56.7 Å². The van der Waals surface area contributed by atoms with Gasteiger partial charge in [-0.3, -0.25) is 23.9 Å². The minimum absolute atomic E-state index is 0.0205. The number of fused-ring (bicyclic) bond motifs is 2. The summed E-state index contributed by atoms with van der Waals surface area (Å²) >= 11 is 0. The van der Waals surface area contributed by atoms with Crippen molar-refractivity contribution in [2.24, 2.45) is 0 Å². The second-order valence-electron chi connectivity index (χ2n) is 8.84. The van der Waals surface area contributed by atoms with Crippen LogP contribution in [0.4, 0.5) is 0 Å². The maximum Gasteiger partial charge on any atom is 0.326 e. The Morgan fingerprint density at radius 1 is 1.00 bits per heavy atom. The Bertz CT molecular complexity index is 1310. The number of imidazole rings is 1. The van der Waals surface area contributed by atoms with Gasteiger partial charge in [0.2, 0.25) is 5.91 Å². The fraction of sp³-hybridized carbons (Fsp3) is 0.360. The number of nitrogens with zero attached hydrogens (tertiary/aromatic N) is 3. The molecule has 1 saturated heterocycles. The van der Waals surface area contributed by atoms with Crippen molar-refractivity contribution >= 4 is 28.8 Å². The van der Waals surface area contributed by atoms with Crippen molar-refractivity contribution in [2.75, 3.05) is 19.6 Å². The number of imide groups is 1. The number of para-hydroxylation sites is 2. The van der Waals surface area contributed by atoms with Crippen LogP contribution in [0.5, 0.6) is 0 Å². The second kappa shape index (κ2) is 8.35. The summed E-state index contributed by atoms with van der Waals surface area (Å²) in [4.78, 5) is 56.3. The number of aromatic amines is 1. The fourth-order valence-corrected chi connectivity index (χ4v) is 4.96. The van der Waals surface area contributed by atoms with Crippen molar-refractivity contribution in [2.45, 2.75) is 38.6 Å². The minimum Gasteiger partial charge on any atom is -0.343 e. The molecule has 3 amide bonds. The third-order valence-corrected chi connectivity index (χ3v) is 6.70. The molecule has 0 unspecified atom stereocenters. The SMILES string of the molecule is Cc1ccc2c(c1)C(=O)N(CCCC(=O)N1CCC(n3c(=O)[nH]c4ccccc43)CC1)C2=O. The van der Waals surface area contributed by atoms with Gasteiger partial charge in [-0.05, 0) is 50.5 Å². The van der Waals surface area contributed by atoms with E-state index < -0.39 is 0 Å². The molecule has 0 aliphatic carbocycles. The van der Waals surface area contributed by atoms with Gasteiger partial charge < -0.3 is 9.88 Å². The highest BCUT2D eigenvalue weighted by Crippen LogP contribution is 2.26. The summed E-state index contributed by atoms with van der Waals surface area (Å²) in [6, 6.07) is 13.0. The highest BCUT2D eigenvalue weighted by molar-refractivity contribution is 6.21. The van der Waals surface area contributed by atoms with Gasteiger partial charge in [-0.25, -0.2) is 4.79 Å². The molecule has 3 aromatic rings. The number of carbonyl (C=O) groups excluding carboxylic acids is 3. The molecule has 0 spiro atoms. The molecular weight excluding hydrogens is 420 g/mol. The number of aromatic nitrogens is 2. The zero-order chi connectivity index (χ0) is 23.1. The lowest BCUT2D eigenvalue weighted by Gasteiger charge is -2.32. The smallest absolute Gasteiger partial charge is 0.326 e. The molecule has 1 N–H and O–H groups in total. The topological polar surface area (TPSA) is 95.5 Å². The van der Waals surface area contributed by atoms with Crippen LogP contribution in [0.3, 0.4) is 0 Å². The van der Waals surface area contributed by atoms with Gasteiger partial charge in [0.25, 0.3) is 11.8 Å². The normalized spacial score (nSPS) is 16.6. The Balaban J connectivity index is 1.15. The monoisotopic (exact) mass is 446 g/mol. The highest BCUT2D eigenvalue weighted by atomic mass is 16.2. The van der Waals surface area contributed by atoms with E-state index in [4.69, 9.17) is 0 Å². The predicted molar refractivity (Wildman–Crippen MR) is 123 cm³/mol. The number of benzene rings is 2. The molecule has 2 aliphatic rings. The minimum atomic E-state index is -0.285. The molecule has 1 aromatic heterocycles. The van der Waals surface area contributed by atoms with Crippen LogP contribution in [0.15, 0.2) is 47.3 Å². The molecule has 1 fully saturated rings. The summed E-state index contributed by atoms with van der Waals surface area (Å²) in [7, 11) is 0. The summed E-state index contributed by atoms with van der Waals surface area (Å²) in [6.45, 7) is 3.29. The first-order valence-electron chi connectivity index (χ1n) is 11.4. The maximum atomic E-state index is 12.7. The van der Waals surface area contributed by atoms with E-state index in [-0.39, 0.29) is 42.4 Å². The van der Waals surface area contributed by atoms with Gasteiger partial charge in [-0.1, -0.05) is 23.8 Å². The van der Waals surface area contributed by atoms with Gasteiger partial charge in [-0.2, -0.15) is 0 Å². The number of rotatable bonds is 5. The van der Waals surface area contributed by atoms with E-state index in [0.29, 0.717) is 43.5 Å². The van der Waals surface area contributed by atoms with E-state index in [1.165, 1.54) is 4.90 Å². The molecular formula is C25H26N4O4. The van der Waals surface area contributed by atoms with E-state index in [2.05, 4.69) is 4.98 Å². The molecule has 0 bridgehead atoms. The molecule has 8 heteroatoms. The van der Waals surface area contributed by atoms with E-state index in [1.807, 2.05) is 42.2 Å². The third-order valence-electron chi connectivity index (χ3n) is 6.70. The largest absolute Gasteiger partial charge is 0.343 e. The van der Waals surface area contributed by atoms with Crippen LogP contribution >= 0.6 is 0 Å². The van der Waals surface area contributed by atoms with Crippen molar-refractivity contribution in [3.63, 3.8) is 0 Å². The molecule has 5 rings (SSSR count). The van der Waals surface area contributed by atoms with Crippen LogP contribution in [0, 0.1) is 6.92 Å². The molecule has 0 radical (unpaired) electrons. The third kappa shape index (κ3) is 3.75. The van der Waals surface area contributed by atoms with E-state index in [9.17, 15) is 19.2 Å². The number of H-pyrrole nitrogens is 1. The summed E-state index contributed by atoms with van der Waals surface area (Å²) < 4.78 is 1.81. The zero-order valence-electron chi connectivity index (χ0n) is 18.5. The number of nitrogens with one attached hydrogen (secondary N) is 1. The molecule has 2 aromatic carbocycles. The first kappa shape index (κ1) is 21.2. The van der Waals surface area contributed by atoms with Gasteiger partial charge in [-0.15, -0.1) is 0 Å². The predicted octanol–water partition coefficient (Wildman–Crippen LogP) is 2.88. The fourth-order valence-electron chi connectivity index (χ4n) is 4.96. The van der Waals surface area contributed by atoms with Crippen LogP contribution in [0.25, 0.3) is 11.0 Å². The van der Waals surface area contributed by atoms with E-state index >= 15 is 0 Å². The molecule has 0 saturated carbocycles. The first-order chi connectivity index (χ1) is 15.9. The number of likely N-dealkylation sites (tertiary alicyclic amines) is 1. The van der Waals surface area contributed by atoms with E-state index in [1.54, 1.807) is 16.7 Å². The van der Waals surface area contributed by atoms with Gasteiger partial charge in [0.15, 0.2) is 0 Å². The average Bonchev–Trinajstić information content (AvgIpc) is 3.27. The zero-order valence-corrected chi connectivity index (χ0v) is 18.5. The number of hydrogen-bond acceptors (Lipinski definition) is 4. The molecule has 170 valence electrons. The Labute approximate surface area is 190 Å². The number of amides is 3. The standard InChI is InChI=1S/C25H26N4O4/c1-16-8-9-18-19(15-16)24(32)28(23(18)31)12-4-7-22(30)27-13-10-17(11-14-27)29-21-6-3-2-5-20(21)26-25(29)33/h2-3,5-6,8-9,15,17H,4,7,10-14H2,1H3,(H,26,33). The number of hydrogen-bond donors (Lipinski definition) is 1. The molecule has 8 nitrogen and oxygen atoms in total. The highest BCUT2D eigenvalue weighted by Gasteiger charge is 2.35.